The summed E-state index contributed by atoms with van der Waals surface area (Å²) in [6.45, 7) is 3.57. The summed E-state index contributed by atoms with van der Waals surface area (Å²) < 4.78 is 33.4. The quantitative estimate of drug-likeness (QED) is 0.843. The van der Waals surface area contributed by atoms with E-state index in [1.807, 2.05) is 25.1 Å². The zero-order valence-electron chi connectivity index (χ0n) is 15.4. The number of aliphatic hydroxyl groups is 1. The summed E-state index contributed by atoms with van der Waals surface area (Å²) in [6, 6.07) is 10.9. The Morgan fingerprint density at radius 2 is 1.96 bits per heavy atom. The number of ether oxygens (including phenoxy) is 1. The van der Waals surface area contributed by atoms with Crippen LogP contribution in [0.25, 0.3) is 0 Å². The van der Waals surface area contributed by atoms with Gasteiger partial charge in [0.2, 0.25) is 10.0 Å². The zero-order valence-corrected chi connectivity index (χ0v) is 16.2. The highest BCUT2D eigenvalue weighted by atomic mass is 32.2. The second-order valence-corrected chi connectivity index (χ2v) is 8.74. The highest BCUT2D eigenvalue weighted by molar-refractivity contribution is 7.89. The van der Waals surface area contributed by atoms with Crippen molar-refractivity contribution in [3.05, 3.63) is 58.7 Å². The Hall–Kier alpha value is -1.89. The molecular weight excluding hydrogens is 350 g/mol. The molecule has 5 nitrogen and oxygen atoms in total. The number of fused-ring (bicyclic) bond motifs is 1. The molecule has 0 amide bonds. The van der Waals surface area contributed by atoms with Crippen molar-refractivity contribution in [3.63, 3.8) is 0 Å². The molecular formula is C20H25NO4S. The van der Waals surface area contributed by atoms with E-state index in [1.54, 1.807) is 32.2 Å². The standard InChI is InChI=1S/C20H25NO4S/c1-14-6-7-15(2)19(11-14)26(23,24)21-13-20(22)10-4-5-16-12-17(25-3)8-9-18(16)20/h6-9,11-12,21-22H,4-5,10,13H2,1-3H3. The molecule has 1 aliphatic rings. The molecule has 0 saturated heterocycles. The van der Waals surface area contributed by atoms with E-state index < -0.39 is 15.6 Å². The minimum absolute atomic E-state index is 0.0535. The summed E-state index contributed by atoms with van der Waals surface area (Å²) in [4.78, 5) is 0.256. The van der Waals surface area contributed by atoms with Crippen LogP contribution in [0, 0.1) is 13.8 Å². The van der Waals surface area contributed by atoms with Gasteiger partial charge in [0.15, 0.2) is 0 Å². The van der Waals surface area contributed by atoms with E-state index in [0.29, 0.717) is 12.0 Å². The van der Waals surface area contributed by atoms with Crippen LogP contribution in [0.3, 0.4) is 0 Å². The molecule has 26 heavy (non-hydrogen) atoms. The normalized spacial score (nSPS) is 19.8. The third-order valence-corrected chi connectivity index (χ3v) is 6.58. The summed E-state index contributed by atoms with van der Waals surface area (Å²) in [5, 5.41) is 11.2. The van der Waals surface area contributed by atoms with Gasteiger partial charge in [0.1, 0.15) is 11.4 Å². The maximum absolute atomic E-state index is 12.8. The average molecular weight is 375 g/mol. The van der Waals surface area contributed by atoms with Crippen molar-refractivity contribution in [2.75, 3.05) is 13.7 Å². The van der Waals surface area contributed by atoms with Crippen LogP contribution in [0.4, 0.5) is 0 Å². The Labute approximate surface area is 155 Å². The predicted molar refractivity (Wildman–Crippen MR) is 101 cm³/mol. The lowest BCUT2D eigenvalue weighted by Gasteiger charge is -2.35. The molecule has 0 saturated carbocycles. The Balaban J connectivity index is 1.87. The van der Waals surface area contributed by atoms with Gasteiger partial charge >= 0.3 is 0 Å². The molecule has 1 unspecified atom stereocenters. The van der Waals surface area contributed by atoms with Crippen molar-refractivity contribution in [3.8, 4) is 5.75 Å². The lowest BCUT2D eigenvalue weighted by molar-refractivity contribution is 0.0242. The van der Waals surface area contributed by atoms with Crippen LogP contribution >= 0.6 is 0 Å². The first-order valence-corrected chi connectivity index (χ1v) is 10.2. The van der Waals surface area contributed by atoms with Gasteiger partial charge < -0.3 is 9.84 Å². The molecule has 0 aliphatic heterocycles. The van der Waals surface area contributed by atoms with Gasteiger partial charge in [-0.05, 0) is 73.6 Å². The first-order valence-electron chi connectivity index (χ1n) is 8.72. The average Bonchev–Trinajstić information content (AvgIpc) is 2.62. The smallest absolute Gasteiger partial charge is 0.240 e. The molecule has 2 aromatic rings. The minimum atomic E-state index is -3.70. The Morgan fingerprint density at radius 3 is 2.69 bits per heavy atom. The number of nitrogens with one attached hydrogen (secondary N) is 1. The fraction of sp³-hybridized carbons (Fsp3) is 0.400. The first-order chi connectivity index (χ1) is 12.2. The van der Waals surface area contributed by atoms with Crippen molar-refractivity contribution in [2.45, 2.75) is 43.6 Å². The predicted octanol–water partition coefficient (Wildman–Crippen LogP) is 2.81. The molecule has 0 heterocycles. The third-order valence-electron chi connectivity index (χ3n) is 5.04. The molecule has 2 aromatic carbocycles. The number of methoxy groups -OCH3 is 1. The van der Waals surface area contributed by atoms with Crippen molar-refractivity contribution in [1.82, 2.24) is 4.72 Å². The van der Waals surface area contributed by atoms with Crippen LogP contribution in [-0.2, 0) is 22.0 Å². The van der Waals surface area contributed by atoms with Crippen LogP contribution in [0.1, 0.15) is 35.1 Å². The van der Waals surface area contributed by atoms with Crippen molar-refractivity contribution in [2.24, 2.45) is 0 Å². The van der Waals surface area contributed by atoms with E-state index in [1.165, 1.54) is 0 Å². The third kappa shape index (κ3) is 3.63. The molecule has 0 fully saturated rings. The van der Waals surface area contributed by atoms with Gasteiger partial charge in [-0.3, -0.25) is 0 Å². The summed E-state index contributed by atoms with van der Waals surface area (Å²) >= 11 is 0. The molecule has 3 rings (SSSR count). The van der Waals surface area contributed by atoms with Gasteiger partial charge in [0.25, 0.3) is 0 Å². The van der Waals surface area contributed by atoms with Gasteiger partial charge in [-0.15, -0.1) is 0 Å². The first kappa shape index (κ1) is 18.9. The van der Waals surface area contributed by atoms with Crippen molar-refractivity contribution in [1.29, 1.82) is 0 Å². The summed E-state index contributed by atoms with van der Waals surface area (Å²) in [5.74, 6) is 0.740. The zero-order chi connectivity index (χ0) is 18.9. The van der Waals surface area contributed by atoms with Crippen molar-refractivity contribution >= 4 is 10.0 Å². The lowest BCUT2D eigenvalue weighted by atomic mass is 9.79. The maximum Gasteiger partial charge on any atom is 0.240 e. The fourth-order valence-electron chi connectivity index (χ4n) is 3.54. The number of aryl methyl sites for hydroxylation is 3. The fourth-order valence-corrected chi connectivity index (χ4v) is 4.95. The molecule has 0 spiro atoms. The van der Waals surface area contributed by atoms with E-state index in [9.17, 15) is 13.5 Å². The molecule has 2 N–H and O–H groups in total. The number of hydrogen-bond donors (Lipinski definition) is 2. The summed E-state index contributed by atoms with van der Waals surface area (Å²) in [7, 11) is -2.09. The highest BCUT2D eigenvalue weighted by Crippen LogP contribution is 2.37. The van der Waals surface area contributed by atoms with E-state index >= 15 is 0 Å². The van der Waals surface area contributed by atoms with Crippen LogP contribution in [0.5, 0.6) is 5.75 Å². The van der Waals surface area contributed by atoms with Gasteiger partial charge in [0, 0.05) is 6.54 Å². The molecule has 0 aromatic heterocycles. The van der Waals surface area contributed by atoms with Crippen LogP contribution in [0.2, 0.25) is 0 Å². The second kappa shape index (κ2) is 7.02. The topological polar surface area (TPSA) is 75.6 Å². The van der Waals surface area contributed by atoms with Crippen LogP contribution < -0.4 is 9.46 Å². The van der Waals surface area contributed by atoms with Crippen LogP contribution in [-0.4, -0.2) is 27.2 Å². The van der Waals surface area contributed by atoms with Crippen molar-refractivity contribution < 1.29 is 18.3 Å². The second-order valence-electron chi connectivity index (χ2n) is 7.00. The SMILES string of the molecule is COc1ccc2c(c1)CCCC2(O)CNS(=O)(=O)c1cc(C)ccc1C. The minimum Gasteiger partial charge on any atom is -0.497 e. The maximum atomic E-state index is 12.8. The number of sulfonamides is 1. The molecule has 6 heteroatoms. The Morgan fingerprint density at radius 1 is 1.19 bits per heavy atom. The van der Waals surface area contributed by atoms with Gasteiger partial charge in [-0.1, -0.05) is 18.2 Å². The van der Waals surface area contributed by atoms with Crippen LogP contribution in [0.15, 0.2) is 41.3 Å². The van der Waals surface area contributed by atoms with E-state index in [2.05, 4.69) is 4.72 Å². The molecule has 0 bridgehead atoms. The molecule has 1 aliphatic carbocycles. The monoisotopic (exact) mass is 375 g/mol. The Bertz CT molecular complexity index is 923. The molecule has 1 atom stereocenters. The van der Waals surface area contributed by atoms with E-state index in [4.69, 9.17) is 4.74 Å². The van der Waals surface area contributed by atoms with Gasteiger partial charge in [0.05, 0.1) is 12.0 Å². The lowest BCUT2D eigenvalue weighted by Crippen LogP contribution is -2.43. The Kier molecular flexibility index (Phi) is 5.10. The molecule has 140 valence electrons. The van der Waals surface area contributed by atoms with E-state index in [-0.39, 0.29) is 11.4 Å². The number of benzene rings is 2. The molecule has 0 radical (unpaired) electrons. The largest absolute Gasteiger partial charge is 0.497 e. The van der Waals surface area contributed by atoms with E-state index in [0.717, 1.165) is 35.3 Å². The van der Waals surface area contributed by atoms with Gasteiger partial charge in [-0.2, -0.15) is 0 Å². The number of rotatable bonds is 5. The van der Waals surface area contributed by atoms with Gasteiger partial charge in [-0.25, -0.2) is 13.1 Å². The highest BCUT2D eigenvalue weighted by Gasteiger charge is 2.36. The summed E-state index contributed by atoms with van der Waals surface area (Å²) in [5.41, 5.74) is 2.12. The number of hydrogen-bond acceptors (Lipinski definition) is 4. The summed E-state index contributed by atoms with van der Waals surface area (Å²) in [6.07, 6.45) is 2.15.